The Balaban J connectivity index is 1.42. The molecule has 1 aliphatic rings. The molecule has 0 unspecified atom stereocenters. The van der Waals surface area contributed by atoms with Crippen LogP contribution in [0.3, 0.4) is 0 Å². The molecule has 1 heterocycles. The molecular weight excluding hydrogens is 398 g/mol. The molecule has 0 spiro atoms. The fourth-order valence-electron chi connectivity index (χ4n) is 3.29. The minimum absolute atomic E-state index is 0.0641. The van der Waals surface area contributed by atoms with Crippen molar-refractivity contribution in [3.8, 4) is 0 Å². The number of carbonyl (C=O) groups is 4. The normalized spacial score (nSPS) is 13.1. The van der Waals surface area contributed by atoms with Gasteiger partial charge >= 0.3 is 5.97 Å². The van der Waals surface area contributed by atoms with Crippen LogP contribution in [0.4, 0.5) is 11.4 Å². The highest BCUT2D eigenvalue weighted by molar-refractivity contribution is 5.97. The van der Waals surface area contributed by atoms with Gasteiger partial charge in [-0.1, -0.05) is 25.1 Å². The lowest BCUT2D eigenvalue weighted by Crippen LogP contribution is -2.35. The second-order valence-corrected chi connectivity index (χ2v) is 7.11. The van der Waals surface area contributed by atoms with Crippen molar-refractivity contribution in [3.63, 3.8) is 0 Å². The third-order valence-electron chi connectivity index (χ3n) is 4.94. The van der Waals surface area contributed by atoms with Crippen molar-refractivity contribution in [3.05, 3.63) is 59.7 Å². The molecule has 1 saturated heterocycles. The van der Waals surface area contributed by atoms with Gasteiger partial charge in [0.05, 0.1) is 12.1 Å². The number of amides is 3. The Morgan fingerprint density at radius 1 is 1.03 bits per heavy atom. The summed E-state index contributed by atoms with van der Waals surface area (Å²) in [5.41, 5.74) is 2.70. The number of nitrogens with one attached hydrogen (secondary N) is 2. The summed E-state index contributed by atoms with van der Waals surface area (Å²) >= 11 is 0. The number of aryl methyl sites for hydroxylation is 1. The molecule has 0 bridgehead atoms. The number of benzene rings is 2. The lowest BCUT2D eigenvalue weighted by Gasteiger charge is -2.15. The largest absolute Gasteiger partial charge is 0.452 e. The van der Waals surface area contributed by atoms with Crippen molar-refractivity contribution in [2.45, 2.75) is 26.2 Å². The molecular formula is C23H25N3O5. The topological polar surface area (TPSA) is 105 Å². The van der Waals surface area contributed by atoms with Gasteiger partial charge in [0.2, 0.25) is 11.8 Å². The van der Waals surface area contributed by atoms with Crippen molar-refractivity contribution in [1.82, 2.24) is 5.32 Å². The third-order valence-corrected chi connectivity index (χ3v) is 4.94. The summed E-state index contributed by atoms with van der Waals surface area (Å²) in [6.45, 7) is 1.93. The van der Waals surface area contributed by atoms with E-state index in [1.807, 2.05) is 25.1 Å². The van der Waals surface area contributed by atoms with E-state index in [4.69, 9.17) is 4.74 Å². The van der Waals surface area contributed by atoms with Crippen LogP contribution in [0.1, 0.15) is 35.7 Å². The summed E-state index contributed by atoms with van der Waals surface area (Å²) < 4.78 is 5.00. The molecule has 1 aliphatic heterocycles. The second-order valence-electron chi connectivity index (χ2n) is 7.11. The predicted molar refractivity (Wildman–Crippen MR) is 116 cm³/mol. The zero-order valence-electron chi connectivity index (χ0n) is 17.3. The monoisotopic (exact) mass is 423 g/mol. The third kappa shape index (κ3) is 5.91. The number of nitrogens with zero attached hydrogens (tertiary/aromatic N) is 1. The predicted octanol–water partition coefficient (Wildman–Crippen LogP) is 2.29. The Morgan fingerprint density at radius 2 is 1.77 bits per heavy atom. The first-order chi connectivity index (χ1) is 15.0. The molecule has 3 amide bonds. The SMILES string of the molecule is CCc1ccccc1NC(=O)CNC(=O)COC(=O)c1ccc(N2CCCC2=O)cc1. The summed E-state index contributed by atoms with van der Waals surface area (Å²) in [5.74, 6) is -1.54. The van der Waals surface area contributed by atoms with Crippen molar-refractivity contribution >= 4 is 35.1 Å². The maximum Gasteiger partial charge on any atom is 0.338 e. The Hall–Kier alpha value is -3.68. The van der Waals surface area contributed by atoms with Crippen LogP contribution in [0.25, 0.3) is 0 Å². The van der Waals surface area contributed by atoms with E-state index in [1.54, 1.807) is 35.2 Å². The number of carbonyl (C=O) groups excluding carboxylic acids is 4. The van der Waals surface area contributed by atoms with Crippen molar-refractivity contribution in [2.24, 2.45) is 0 Å². The number of ether oxygens (including phenoxy) is 1. The van der Waals surface area contributed by atoms with Gasteiger partial charge in [0.15, 0.2) is 6.61 Å². The average molecular weight is 423 g/mol. The van der Waals surface area contributed by atoms with E-state index in [2.05, 4.69) is 10.6 Å². The quantitative estimate of drug-likeness (QED) is 0.634. The van der Waals surface area contributed by atoms with E-state index < -0.39 is 18.5 Å². The van der Waals surface area contributed by atoms with Gasteiger partial charge in [-0.05, 0) is 48.7 Å². The van der Waals surface area contributed by atoms with E-state index in [-0.39, 0.29) is 23.9 Å². The first-order valence-electron chi connectivity index (χ1n) is 10.2. The summed E-state index contributed by atoms with van der Waals surface area (Å²) in [6, 6.07) is 13.9. The van der Waals surface area contributed by atoms with Gasteiger partial charge in [0, 0.05) is 24.3 Å². The van der Waals surface area contributed by atoms with Crippen molar-refractivity contribution in [1.29, 1.82) is 0 Å². The molecule has 0 aliphatic carbocycles. The van der Waals surface area contributed by atoms with Gasteiger partial charge in [-0.15, -0.1) is 0 Å². The van der Waals surface area contributed by atoms with Crippen LogP contribution in [-0.4, -0.2) is 43.4 Å². The minimum Gasteiger partial charge on any atom is -0.452 e. The highest BCUT2D eigenvalue weighted by Gasteiger charge is 2.22. The summed E-state index contributed by atoms with van der Waals surface area (Å²) in [6.07, 6.45) is 2.12. The summed E-state index contributed by atoms with van der Waals surface area (Å²) in [4.78, 5) is 49.5. The number of hydrogen-bond acceptors (Lipinski definition) is 5. The average Bonchev–Trinajstić information content (AvgIpc) is 3.22. The van der Waals surface area contributed by atoms with Gasteiger partial charge in [0.1, 0.15) is 0 Å². The Kier molecular flexibility index (Phi) is 7.37. The van der Waals surface area contributed by atoms with Gasteiger partial charge in [-0.3, -0.25) is 14.4 Å². The smallest absolute Gasteiger partial charge is 0.338 e. The number of rotatable bonds is 8. The van der Waals surface area contributed by atoms with Crippen molar-refractivity contribution in [2.75, 3.05) is 29.9 Å². The zero-order valence-corrected chi connectivity index (χ0v) is 17.3. The molecule has 1 fully saturated rings. The maximum atomic E-state index is 12.1. The van der Waals surface area contributed by atoms with Crippen LogP contribution < -0.4 is 15.5 Å². The first-order valence-corrected chi connectivity index (χ1v) is 10.2. The highest BCUT2D eigenvalue weighted by atomic mass is 16.5. The summed E-state index contributed by atoms with van der Waals surface area (Å²) in [7, 11) is 0. The van der Waals surface area contributed by atoms with Crippen molar-refractivity contribution < 1.29 is 23.9 Å². The van der Waals surface area contributed by atoms with Gasteiger partial charge < -0.3 is 20.3 Å². The lowest BCUT2D eigenvalue weighted by molar-refractivity contribution is -0.126. The molecule has 31 heavy (non-hydrogen) atoms. The van der Waals surface area contributed by atoms with Gasteiger partial charge in [-0.2, -0.15) is 0 Å². The number of anilines is 2. The van der Waals surface area contributed by atoms with Crippen LogP contribution >= 0.6 is 0 Å². The minimum atomic E-state index is -0.657. The lowest BCUT2D eigenvalue weighted by atomic mass is 10.1. The Bertz CT molecular complexity index is 971. The molecule has 0 aromatic heterocycles. The van der Waals surface area contributed by atoms with Crippen LogP contribution in [0.2, 0.25) is 0 Å². The Labute approximate surface area is 180 Å². The van der Waals surface area contributed by atoms with E-state index >= 15 is 0 Å². The molecule has 3 rings (SSSR count). The zero-order chi connectivity index (χ0) is 22.2. The fraction of sp³-hybridized carbons (Fsp3) is 0.304. The van der Waals surface area contributed by atoms with E-state index in [0.29, 0.717) is 18.7 Å². The number of para-hydroxylation sites is 1. The van der Waals surface area contributed by atoms with Crippen LogP contribution in [0.15, 0.2) is 48.5 Å². The van der Waals surface area contributed by atoms with Crippen LogP contribution in [0.5, 0.6) is 0 Å². The molecule has 2 aromatic carbocycles. The molecule has 8 nitrogen and oxygen atoms in total. The first kappa shape index (κ1) is 22.0. The standard InChI is InChI=1S/C23H25N3O5/c1-2-16-6-3-4-7-19(16)25-20(27)14-24-21(28)15-31-23(30)17-9-11-18(12-10-17)26-13-5-8-22(26)29/h3-4,6-7,9-12H,2,5,8,13-15H2,1H3,(H,24,28)(H,25,27). The van der Waals surface area contributed by atoms with Crippen LogP contribution in [0, 0.1) is 0 Å². The maximum absolute atomic E-state index is 12.1. The summed E-state index contributed by atoms with van der Waals surface area (Å²) in [5, 5.41) is 5.18. The molecule has 8 heteroatoms. The van der Waals surface area contributed by atoms with Gasteiger partial charge in [0.25, 0.3) is 5.91 Å². The molecule has 2 N–H and O–H groups in total. The van der Waals surface area contributed by atoms with E-state index in [0.717, 1.165) is 24.1 Å². The number of hydrogen-bond donors (Lipinski definition) is 2. The molecule has 0 saturated carbocycles. The molecule has 0 atom stereocenters. The van der Waals surface area contributed by atoms with E-state index in [1.165, 1.54) is 0 Å². The fourth-order valence-corrected chi connectivity index (χ4v) is 3.29. The van der Waals surface area contributed by atoms with Gasteiger partial charge in [-0.25, -0.2) is 4.79 Å². The molecule has 2 aromatic rings. The molecule has 162 valence electrons. The molecule has 0 radical (unpaired) electrons. The van der Waals surface area contributed by atoms with Crippen LogP contribution in [-0.2, 0) is 25.5 Å². The highest BCUT2D eigenvalue weighted by Crippen LogP contribution is 2.21. The van der Waals surface area contributed by atoms with E-state index in [9.17, 15) is 19.2 Å². The second kappa shape index (κ2) is 10.4. The Morgan fingerprint density at radius 3 is 2.45 bits per heavy atom. The number of esters is 1.